The van der Waals surface area contributed by atoms with Crippen LogP contribution in [0, 0.1) is 5.92 Å². The van der Waals surface area contributed by atoms with Crippen molar-refractivity contribution in [2.45, 2.75) is 32.6 Å². The lowest BCUT2D eigenvalue weighted by Crippen LogP contribution is -2.42. The number of halogens is 2. The van der Waals surface area contributed by atoms with Crippen LogP contribution in [0.1, 0.15) is 26.7 Å². The Morgan fingerprint density at radius 3 is 2.33 bits per heavy atom. The Balaban J connectivity index is 3.69. The van der Waals surface area contributed by atoms with E-state index in [1.165, 1.54) is 0 Å². The van der Waals surface area contributed by atoms with Crippen molar-refractivity contribution in [3.8, 4) is 0 Å². The summed E-state index contributed by atoms with van der Waals surface area (Å²) >= 11 is 0. The third kappa shape index (κ3) is 8.86. The van der Waals surface area contributed by atoms with Gasteiger partial charge in [-0.2, -0.15) is 0 Å². The van der Waals surface area contributed by atoms with Crippen LogP contribution >= 0.6 is 0 Å². The summed E-state index contributed by atoms with van der Waals surface area (Å²) in [6, 6.07) is 0. The molecule has 0 fully saturated rings. The maximum Gasteiger partial charge on any atom is 0.277 e. The van der Waals surface area contributed by atoms with E-state index in [1.807, 2.05) is 13.8 Å². The molecule has 0 aromatic heterocycles. The van der Waals surface area contributed by atoms with Crippen LogP contribution in [0.3, 0.4) is 0 Å². The molecular weight excluding hydrogens is 244 g/mol. The number of rotatable bonds is 8. The fourth-order valence-corrected chi connectivity index (χ4v) is 1.15. The van der Waals surface area contributed by atoms with E-state index in [4.69, 9.17) is 5.73 Å². The number of nitrogens with two attached hydrogens (primary N) is 1. The highest BCUT2D eigenvalue weighted by molar-refractivity contribution is 5.79. The Morgan fingerprint density at radius 1 is 1.22 bits per heavy atom. The fourth-order valence-electron chi connectivity index (χ4n) is 1.15. The molecular formula is C11H21F2N3O2. The lowest BCUT2D eigenvalue weighted by molar-refractivity contribution is -0.123. The van der Waals surface area contributed by atoms with Crippen molar-refractivity contribution in [2.75, 3.05) is 19.6 Å². The van der Waals surface area contributed by atoms with E-state index in [1.54, 1.807) is 0 Å². The number of hydrogen-bond donors (Lipinski definition) is 3. The van der Waals surface area contributed by atoms with Gasteiger partial charge in [-0.05, 0) is 5.92 Å². The molecule has 18 heavy (non-hydrogen) atoms. The number of carbonyl (C=O) groups is 2. The van der Waals surface area contributed by atoms with Crippen LogP contribution in [0.4, 0.5) is 8.78 Å². The minimum absolute atomic E-state index is 0.0233. The van der Waals surface area contributed by atoms with Gasteiger partial charge in [0.05, 0.1) is 13.1 Å². The predicted molar refractivity (Wildman–Crippen MR) is 64.1 cm³/mol. The van der Waals surface area contributed by atoms with Crippen LogP contribution in [-0.4, -0.2) is 37.4 Å². The van der Waals surface area contributed by atoms with Crippen molar-refractivity contribution in [3.63, 3.8) is 0 Å². The van der Waals surface area contributed by atoms with Gasteiger partial charge in [-0.25, -0.2) is 8.78 Å². The molecule has 7 heteroatoms. The summed E-state index contributed by atoms with van der Waals surface area (Å²) in [6.45, 7) is 2.37. The van der Waals surface area contributed by atoms with Crippen molar-refractivity contribution in [2.24, 2.45) is 11.7 Å². The summed E-state index contributed by atoms with van der Waals surface area (Å²) in [7, 11) is 0. The maximum atomic E-state index is 12.7. The molecule has 0 aliphatic rings. The SMILES string of the molecule is CC(C)CC(=O)NCCC(=O)NCC(F)(F)CN. The summed E-state index contributed by atoms with van der Waals surface area (Å²) in [5, 5.41) is 4.61. The minimum Gasteiger partial charge on any atom is -0.356 e. The first kappa shape index (κ1) is 16.8. The standard InChI is InChI=1S/C11H21F2N3O2/c1-8(2)5-10(18)15-4-3-9(17)16-7-11(12,13)6-14/h8H,3-7,14H2,1-2H3,(H,15,18)(H,16,17). The molecule has 0 aromatic rings. The predicted octanol–water partition coefficient (Wildman–Crippen LogP) is 0.249. The largest absolute Gasteiger partial charge is 0.356 e. The molecule has 0 spiro atoms. The van der Waals surface area contributed by atoms with E-state index in [-0.39, 0.29) is 24.8 Å². The third-order valence-corrected chi connectivity index (χ3v) is 2.11. The Hall–Kier alpha value is -1.24. The molecule has 0 saturated carbocycles. The number of nitrogens with one attached hydrogen (secondary N) is 2. The van der Waals surface area contributed by atoms with Gasteiger partial charge in [0.1, 0.15) is 0 Å². The second kappa shape index (κ2) is 7.97. The van der Waals surface area contributed by atoms with E-state index in [9.17, 15) is 18.4 Å². The smallest absolute Gasteiger partial charge is 0.277 e. The number of alkyl halides is 2. The third-order valence-electron chi connectivity index (χ3n) is 2.11. The zero-order valence-electron chi connectivity index (χ0n) is 10.8. The summed E-state index contributed by atoms with van der Waals surface area (Å²) in [6.07, 6.45) is 0.358. The zero-order valence-corrected chi connectivity index (χ0v) is 10.8. The second-order valence-electron chi connectivity index (χ2n) is 4.53. The maximum absolute atomic E-state index is 12.7. The molecule has 0 bridgehead atoms. The van der Waals surface area contributed by atoms with Crippen LogP contribution in [-0.2, 0) is 9.59 Å². The van der Waals surface area contributed by atoms with Gasteiger partial charge in [0.25, 0.3) is 5.92 Å². The average molecular weight is 265 g/mol. The number of carbonyl (C=O) groups excluding carboxylic acids is 2. The van der Waals surface area contributed by atoms with E-state index >= 15 is 0 Å². The Morgan fingerprint density at radius 2 is 1.83 bits per heavy atom. The van der Waals surface area contributed by atoms with Gasteiger partial charge < -0.3 is 16.4 Å². The van der Waals surface area contributed by atoms with Gasteiger partial charge in [-0.3, -0.25) is 9.59 Å². The van der Waals surface area contributed by atoms with E-state index in [2.05, 4.69) is 10.6 Å². The molecule has 0 radical (unpaired) electrons. The van der Waals surface area contributed by atoms with Crippen molar-refractivity contribution in [3.05, 3.63) is 0 Å². The molecule has 0 unspecified atom stereocenters. The first-order chi connectivity index (χ1) is 8.26. The Kier molecular flexibility index (Phi) is 7.42. The molecule has 0 heterocycles. The van der Waals surface area contributed by atoms with Crippen LogP contribution in [0.25, 0.3) is 0 Å². The molecule has 4 N–H and O–H groups in total. The highest BCUT2D eigenvalue weighted by atomic mass is 19.3. The average Bonchev–Trinajstić information content (AvgIpc) is 2.25. The highest BCUT2D eigenvalue weighted by Crippen LogP contribution is 2.08. The molecule has 2 amide bonds. The van der Waals surface area contributed by atoms with E-state index in [0.717, 1.165) is 0 Å². The van der Waals surface area contributed by atoms with Crippen molar-refractivity contribution < 1.29 is 18.4 Å². The van der Waals surface area contributed by atoms with E-state index in [0.29, 0.717) is 6.42 Å². The molecule has 106 valence electrons. The normalized spacial score (nSPS) is 11.4. The van der Waals surface area contributed by atoms with Crippen LogP contribution < -0.4 is 16.4 Å². The molecule has 0 saturated heterocycles. The Bertz CT molecular complexity index is 283. The van der Waals surface area contributed by atoms with Crippen molar-refractivity contribution in [1.82, 2.24) is 10.6 Å². The first-order valence-corrected chi connectivity index (χ1v) is 5.88. The van der Waals surface area contributed by atoms with Gasteiger partial charge in [0.15, 0.2) is 0 Å². The molecule has 0 atom stereocenters. The summed E-state index contributed by atoms with van der Waals surface area (Å²) in [5.41, 5.74) is 4.82. The summed E-state index contributed by atoms with van der Waals surface area (Å²) in [5.74, 6) is -3.53. The van der Waals surface area contributed by atoms with E-state index < -0.39 is 24.9 Å². The molecule has 5 nitrogen and oxygen atoms in total. The monoisotopic (exact) mass is 265 g/mol. The number of hydrogen-bond acceptors (Lipinski definition) is 3. The molecule has 0 aliphatic carbocycles. The van der Waals surface area contributed by atoms with Crippen LogP contribution in [0.5, 0.6) is 0 Å². The van der Waals surface area contributed by atoms with Gasteiger partial charge >= 0.3 is 0 Å². The zero-order chi connectivity index (χ0) is 14.2. The molecule has 0 rings (SSSR count). The lowest BCUT2D eigenvalue weighted by Gasteiger charge is -2.14. The second-order valence-corrected chi connectivity index (χ2v) is 4.53. The minimum atomic E-state index is -3.09. The first-order valence-electron chi connectivity index (χ1n) is 5.88. The van der Waals surface area contributed by atoms with Crippen molar-refractivity contribution >= 4 is 11.8 Å². The van der Waals surface area contributed by atoms with Crippen LogP contribution in [0.2, 0.25) is 0 Å². The highest BCUT2D eigenvalue weighted by Gasteiger charge is 2.26. The van der Waals surface area contributed by atoms with Gasteiger partial charge in [0.2, 0.25) is 11.8 Å². The molecule has 0 aliphatic heterocycles. The van der Waals surface area contributed by atoms with Crippen LogP contribution in [0.15, 0.2) is 0 Å². The van der Waals surface area contributed by atoms with Gasteiger partial charge in [-0.15, -0.1) is 0 Å². The number of amides is 2. The molecule has 0 aromatic carbocycles. The lowest BCUT2D eigenvalue weighted by atomic mass is 10.1. The van der Waals surface area contributed by atoms with Gasteiger partial charge in [0, 0.05) is 19.4 Å². The van der Waals surface area contributed by atoms with Gasteiger partial charge in [-0.1, -0.05) is 13.8 Å². The fraction of sp³-hybridized carbons (Fsp3) is 0.818. The Labute approximate surface area is 105 Å². The quantitative estimate of drug-likeness (QED) is 0.588. The summed E-state index contributed by atoms with van der Waals surface area (Å²) in [4.78, 5) is 22.4. The topological polar surface area (TPSA) is 84.2 Å². The summed E-state index contributed by atoms with van der Waals surface area (Å²) < 4.78 is 25.4. The van der Waals surface area contributed by atoms with Crippen molar-refractivity contribution in [1.29, 1.82) is 0 Å².